The number of hydrogen-bond acceptors (Lipinski definition) is 3. The minimum Gasteiger partial charge on any atom is -0.315 e. The zero-order chi connectivity index (χ0) is 28.7. The van der Waals surface area contributed by atoms with Crippen molar-refractivity contribution in [1.29, 1.82) is 0 Å². The van der Waals surface area contributed by atoms with Crippen LogP contribution in [-0.2, 0) is 23.1 Å². The third kappa shape index (κ3) is 7.51. The molecule has 0 saturated carbocycles. The normalized spacial score (nSPS) is 11.2. The Balaban J connectivity index is 1.56. The number of benzene rings is 3. The minimum atomic E-state index is -0.339. The first kappa shape index (κ1) is 28.9. The maximum Gasteiger partial charge on any atom is 0.322 e. The molecule has 208 valence electrons. The van der Waals surface area contributed by atoms with Gasteiger partial charge in [0.2, 0.25) is 5.91 Å². The van der Waals surface area contributed by atoms with Crippen LogP contribution in [0.3, 0.4) is 0 Å². The van der Waals surface area contributed by atoms with Gasteiger partial charge in [-0.15, -0.1) is 0 Å². The number of nitrogens with one attached hydrogen (secondary N) is 2. The average Bonchev–Trinajstić information content (AvgIpc) is 3.36. The van der Waals surface area contributed by atoms with Gasteiger partial charge in [-0.05, 0) is 48.2 Å². The fourth-order valence-corrected chi connectivity index (χ4v) is 4.45. The number of urea groups is 1. The van der Waals surface area contributed by atoms with E-state index in [4.69, 9.17) is 16.7 Å². The molecule has 0 spiro atoms. The van der Waals surface area contributed by atoms with Crippen molar-refractivity contribution in [2.45, 2.75) is 46.0 Å². The first-order valence-electron chi connectivity index (χ1n) is 13.5. The van der Waals surface area contributed by atoms with Crippen LogP contribution in [-0.4, -0.2) is 39.7 Å². The Morgan fingerprint density at radius 3 is 2.30 bits per heavy atom. The van der Waals surface area contributed by atoms with Gasteiger partial charge in [0.1, 0.15) is 12.4 Å². The maximum atomic E-state index is 13.4. The van der Waals surface area contributed by atoms with Gasteiger partial charge in [0.25, 0.3) is 0 Å². The predicted octanol–water partition coefficient (Wildman–Crippen LogP) is 7.10. The number of para-hydroxylation sites is 1. The number of carbonyl (C=O) groups is 2. The van der Waals surface area contributed by atoms with E-state index >= 15 is 0 Å². The fraction of sp³-hybridized carbons (Fsp3) is 0.281. The molecule has 4 aromatic rings. The van der Waals surface area contributed by atoms with Crippen molar-refractivity contribution in [3.8, 4) is 5.69 Å². The van der Waals surface area contributed by atoms with Crippen molar-refractivity contribution in [1.82, 2.24) is 14.7 Å². The smallest absolute Gasteiger partial charge is 0.315 e. The summed E-state index contributed by atoms with van der Waals surface area (Å²) in [6.45, 7) is 8.47. The molecule has 0 atom stereocenters. The molecule has 0 bridgehead atoms. The Hall–Kier alpha value is -4.10. The number of carbonyl (C=O) groups excluding carboxylic acids is 2. The molecular formula is C32H36ClN5O2. The minimum absolute atomic E-state index is 0.134. The van der Waals surface area contributed by atoms with Crippen LogP contribution in [0.1, 0.15) is 44.5 Å². The molecular weight excluding hydrogens is 522 g/mol. The standard InChI is InChI=1S/C32H36ClN5O2/c1-5-23-14-11-15-25(20-23)34-31(40)37(19-18-24-12-7-6-8-13-24)22-30(39)35-29-21-28(32(2,3)4)36-38(29)27-17-10-9-16-26(27)33/h6-17,20-21H,5,18-19,22H2,1-4H3,(H,34,40)(H,35,39). The van der Waals surface area contributed by atoms with E-state index in [2.05, 4.69) is 38.3 Å². The summed E-state index contributed by atoms with van der Waals surface area (Å²) in [6, 6.07) is 26.5. The van der Waals surface area contributed by atoms with Crippen molar-refractivity contribution in [2.24, 2.45) is 0 Å². The van der Waals surface area contributed by atoms with Crippen molar-refractivity contribution in [2.75, 3.05) is 23.7 Å². The van der Waals surface area contributed by atoms with Gasteiger partial charge in [0.15, 0.2) is 0 Å². The summed E-state index contributed by atoms with van der Waals surface area (Å²) in [5.41, 5.74) is 4.11. The highest BCUT2D eigenvalue weighted by atomic mass is 35.5. The van der Waals surface area contributed by atoms with Gasteiger partial charge in [0.05, 0.1) is 16.4 Å². The number of hydrogen-bond donors (Lipinski definition) is 2. The van der Waals surface area contributed by atoms with E-state index in [1.807, 2.05) is 78.9 Å². The molecule has 1 heterocycles. The summed E-state index contributed by atoms with van der Waals surface area (Å²) in [5.74, 6) is 0.154. The quantitative estimate of drug-likeness (QED) is 0.230. The summed E-state index contributed by atoms with van der Waals surface area (Å²) in [7, 11) is 0. The van der Waals surface area contributed by atoms with Crippen molar-refractivity contribution in [3.63, 3.8) is 0 Å². The summed E-state index contributed by atoms with van der Waals surface area (Å²) < 4.78 is 1.64. The number of anilines is 2. The molecule has 4 rings (SSSR count). The Kier molecular flexibility index (Phi) is 9.27. The zero-order valence-electron chi connectivity index (χ0n) is 23.4. The van der Waals surface area contributed by atoms with Gasteiger partial charge in [-0.2, -0.15) is 5.10 Å². The average molecular weight is 558 g/mol. The van der Waals surface area contributed by atoms with E-state index in [-0.39, 0.29) is 23.9 Å². The van der Waals surface area contributed by atoms with E-state index in [9.17, 15) is 9.59 Å². The second-order valence-corrected chi connectivity index (χ2v) is 11.1. The Bertz CT molecular complexity index is 1460. The molecule has 0 unspecified atom stereocenters. The van der Waals surface area contributed by atoms with Gasteiger partial charge in [-0.25, -0.2) is 9.48 Å². The molecule has 3 amide bonds. The number of aromatic nitrogens is 2. The first-order chi connectivity index (χ1) is 19.1. The highest BCUT2D eigenvalue weighted by Crippen LogP contribution is 2.29. The van der Waals surface area contributed by atoms with Crippen LogP contribution in [0.25, 0.3) is 5.69 Å². The fourth-order valence-electron chi connectivity index (χ4n) is 4.23. The van der Waals surface area contributed by atoms with Crippen molar-refractivity contribution >= 4 is 35.0 Å². The van der Waals surface area contributed by atoms with Crippen LogP contribution in [0.2, 0.25) is 5.02 Å². The molecule has 2 N–H and O–H groups in total. The number of aryl methyl sites for hydroxylation is 1. The van der Waals surface area contributed by atoms with Crippen LogP contribution < -0.4 is 10.6 Å². The summed E-state index contributed by atoms with van der Waals surface area (Å²) in [5, 5.41) is 11.2. The topological polar surface area (TPSA) is 79.3 Å². The van der Waals surface area contributed by atoms with Gasteiger partial charge in [-0.3, -0.25) is 4.79 Å². The molecule has 3 aromatic carbocycles. The van der Waals surface area contributed by atoms with E-state index in [0.717, 1.165) is 23.2 Å². The number of amides is 3. The first-order valence-corrected chi connectivity index (χ1v) is 13.9. The molecule has 40 heavy (non-hydrogen) atoms. The monoisotopic (exact) mass is 557 g/mol. The number of nitrogens with zero attached hydrogens (tertiary/aromatic N) is 3. The Morgan fingerprint density at radius 1 is 0.900 bits per heavy atom. The molecule has 0 aliphatic heterocycles. The van der Waals surface area contributed by atoms with Crippen LogP contribution in [0.5, 0.6) is 0 Å². The number of halogens is 1. The predicted molar refractivity (Wildman–Crippen MR) is 162 cm³/mol. The van der Waals surface area contributed by atoms with E-state index in [1.54, 1.807) is 10.7 Å². The van der Waals surface area contributed by atoms with Gasteiger partial charge < -0.3 is 15.5 Å². The summed E-state index contributed by atoms with van der Waals surface area (Å²) in [4.78, 5) is 28.3. The molecule has 1 aromatic heterocycles. The molecule has 0 aliphatic carbocycles. The highest BCUT2D eigenvalue weighted by molar-refractivity contribution is 6.32. The lowest BCUT2D eigenvalue weighted by Gasteiger charge is -2.23. The van der Waals surface area contributed by atoms with E-state index in [1.165, 1.54) is 4.90 Å². The highest BCUT2D eigenvalue weighted by Gasteiger charge is 2.24. The van der Waals surface area contributed by atoms with E-state index in [0.29, 0.717) is 35.2 Å². The molecule has 7 nitrogen and oxygen atoms in total. The zero-order valence-corrected chi connectivity index (χ0v) is 24.2. The van der Waals surface area contributed by atoms with Crippen molar-refractivity contribution < 1.29 is 9.59 Å². The summed E-state index contributed by atoms with van der Waals surface area (Å²) in [6.07, 6.45) is 1.47. The Morgan fingerprint density at radius 2 is 1.60 bits per heavy atom. The number of rotatable bonds is 9. The molecule has 0 aliphatic rings. The third-order valence-electron chi connectivity index (χ3n) is 6.55. The van der Waals surface area contributed by atoms with Crippen LogP contribution in [0.4, 0.5) is 16.3 Å². The molecule has 0 saturated heterocycles. The Labute approximate surface area is 241 Å². The lowest BCUT2D eigenvalue weighted by atomic mass is 9.92. The van der Waals surface area contributed by atoms with E-state index < -0.39 is 0 Å². The second-order valence-electron chi connectivity index (χ2n) is 10.7. The molecule has 8 heteroatoms. The lowest BCUT2D eigenvalue weighted by molar-refractivity contribution is -0.116. The van der Waals surface area contributed by atoms with Gasteiger partial charge >= 0.3 is 6.03 Å². The van der Waals surface area contributed by atoms with Crippen LogP contribution >= 0.6 is 11.6 Å². The summed E-state index contributed by atoms with van der Waals surface area (Å²) >= 11 is 6.48. The third-order valence-corrected chi connectivity index (χ3v) is 6.87. The molecule has 0 fully saturated rings. The maximum absolute atomic E-state index is 13.4. The van der Waals surface area contributed by atoms with Gasteiger partial charge in [-0.1, -0.05) is 93.9 Å². The second kappa shape index (κ2) is 12.8. The SMILES string of the molecule is CCc1cccc(NC(=O)N(CCc2ccccc2)CC(=O)Nc2cc(C(C)(C)C)nn2-c2ccccc2Cl)c1. The van der Waals surface area contributed by atoms with Crippen LogP contribution in [0, 0.1) is 0 Å². The lowest BCUT2D eigenvalue weighted by Crippen LogP contribution is -2.42. The van der Waals surface area contributed by atoms with Gasteiger partial charge in [0, 0.05) is 23.7 Å². The van der Waals surface area contributed by atoms with Crippen molar-refractivity contribution in [3.05, 3.63) is 107 Å². The largest absolute Gasteiger partial charge is 0.322 e. The molecule has 0 radical (unpaired) electrons. The van der Waals surface area contributed by atoms with Crippen LogP contribution in [0.15, 0.2) is 84.9 Å².